The van der Waals surface area contributed by atoms with E-state index in [2.05, 4.69) is 0 Å². The number of halogens is 1. The van der Waals surface area contributed by atoms with Crippen LogP contribution in [0.25, 0.3) is 0 Å². The van der Waals surface area contributed by atoms with Crippen molar-refractivity contribution in [3.05, 3.63) is 29.6 Å². The normalized spacial score (nSPS) is 15.9. The van der Waals surface area contributed by atoms with E-state index in [-0.39, 0.29) is 12.7 Å². The minimum Gasteiger partial charge on any atom is -0.444 e. The molecule has 0 bridgehead atoms. The van der Waals surface area contributed by atoms with Crippen molar-refractivity contribution in [3.8, 4) is 0 Å². The zero-order chi connectivity index (χ0) is 19.5. The second-order valence-corrected chi connectivity index (χ2v) is 8.85. The SMILES string of the molecule is CC(C)(C)OC(=O)N1CCN(c2cc(COS(C)(=O)=O)ccc2F)CC1. The molecule has 0 radical (unpaired) electrons. The lowest BCUT2D eigenvalue weighted by Crippen LogP contribution is -2.50. The predicted molar refractivity (Wildman–Crippen MR) is 96.1 cm³/mol. The van der Waals surface area contributed by atoms with Crippen molar-refractivity contribution in [3.63, 3.8) is 0 Å². The Labute approximate surface area is 153 Å². The van der Waals surface area contributed by atoms with Crippen molar-refractivity contribution in [2.75, 3.05) is 37.3 Å². The molecule has 0 N–H and O–H groups in total. The summed E-state index contributed by atoms with van der Waals surface area (Å²) in [5.41, 5.74) is 0.360. The molecular weight excluding hydrogens is 363 g/mol. The Kier molecular flexibility index (Phi) is 6.13. The molecule has 0 atom stereocenters. The summed E-state index contributed by atoms with van der Waals surface area (Å²) in [5, 5.41) is 0. The van der Waals surface area contributed by atoms with Gasteiger partial charge in [0, 0.05) is 26.2 Å². The van der Waals surface area contributed by atoms with Gasteiger partial charge in [-0.25, -0.2) is 9.18 Å². The highest BCUT2D eigenvalue weighted by atomic mass is 32.2. The van der Waals surface area contributed by atoms with Crippen LogP contribution in [0.15, 0.2) is 18.2 Å². The zero-order valence-electron chi connectivity index (χ0n) is 15.5. The Hall–Kier alpha value is -1.87. The maximum absolute atomic E-state index is 14.2. The predicted octanol–water partition coefficient (Wildman–Crippen LogP) is 2.36. The topological polar surface area (TPSA) is 76.2 Å². The number of nitrogens with zero attached hydrogens (tertiary/aromatic N) is 2. The summed E-state index contributed by atoms with van der Waals surface area (Å²) in [6.07, 6.45) is 0.584. The van der Waals surface area contributed by atoms with E-state index >= 15 is 0 Å². The van der Waals surface area contributed by atoms with Gasteiger partial charge in [0.2, 0.25) is 0 Å². The van der Waals surface area contributed by atoms with Crippen LogP contribution in [-0.2, 0) is 25.6 Å². The molecular formula is C17H25FN2O5S. The van der Waals surface area contributed by atoms with E-state index in [1.807, 2.05) is 4.90 Å². The summed E-state index contributed by atoms with van der Waals surface area (Å²) < 4.78 is 46.5. The second kappa shape index (κ2) is 7.79. The fourth-order valence-electron chi connectivity index (χ4n) is 2.52. The monoisotopic (exact) mass is 388 g/mol. The number of rotatable bonds is 4. The Morgan fingerprint density at radius 2 is 1.81 bits per heavy atom. The summed E-state index contributed by atoms with van der Waals surface area (Å²) in [5.74, 6) is -0.404. The Morgan fingerprint density at radius 3 is 2.35 bits per heavy atom. The molecule has 0 aromatic heterocycles. The molecule has 1 saturated heterocycles. The van der Waals surface area contributed by atoms with Crippen LogP contribution >= 0.6 is 0 Å². The molecule has 0 spiro atoms. The van der Waals surface area contributed by atoms with Crippen molar-refractivity contribution in [2.45, 2.75) is 33.0 Å². The third-order valence-corrected chi connectivity index (χ3v) is 4.27. The largest absolute Gasteiger partial charge is 0.444 e. The van der Waals surface area contributed by atoms with Crippen LogP contribution in [0.2, 0.25) is 0 Å². The van der Waals surface area contributed by atoms with Crippen LogP contribution in [-0.4, -0.2) is 57.4 Å². The lowest BCUT2D eigenvalue weighted by Gasteiger charge is -2.37. The van der Waals surface area contributed by atoms with Gasteiger partial charge in [0.15, 0.2) is 0 Å². The Morgan fingerprint density at radius 1 is 1.19 bits per heavy atom. The van der Waals surface area contributed by atoms with Gasteiger partial charge in [-0.3, -0.25) is 4.18 Å². The van der Waals surface area contributed by atoms with Crippen molar-refractivity contribution in [2.24, 2.45) is 0 Å². The first kappa shape index (κ1) is 20.4. The number of hydrogen-bond acceptors (Lipinski definition) is 6. The average Bonchev–Trinajstić information content (AvgIpc) is 2.52. The highest BCUT2D eigenvalue weighted by Crippen LogP contribution is 2.23. The van der Waals surface area contributed by atoms with Crippen molar-refractivity contribution >= 4 is 21.9 Å². The number of piperazine rings is 1. The lowest BCUT2D eigenvalue weighted by molar-refractivity contribution is 0.0240. The molecule has 1 aromatic rings. The van der Waals surface area contributed by atoms with E-state index in [9.17, 15) is 17.6 Å². The van der Waals surface area contributed by atoms with E-state index < -0.39 is 21.5 Å². The molecule has 0 unspecified atom stereocenters. The van der Waals surface area contributed by atoms with Crippen LogP contribution in [0, 0.1) is 5.82 Å². The quantitative estimate of drug-likeness (QED) is 0.737. The van der Waals surface area contributed by atoms with Crippen molar-refractivity contribution in [1.29, 1.82) is 0 Å². The first-order chi connectivity index (χ1) is 11.9. The maximum atomic E-state index is 14.2. The summed E-state index contributed by atoms with van der Waals surface area (Å²) in [6.45, 7) is 7.00. The molecule has 1 aromatic carbocycles. The smallest absolute Gasteiger partial charge is 0.410 e. The Balaban J connectivity index is 2.01. The molecule has 0 aliphatic carbocycles. The molecule has 2 rings (SSSR count). The van der Waals surface area contributed by atoms with E-state index in [1.165, 1.54) is 12.1 Å². The molecule has 1 aliphatic rings. The van der Waals surface area contributed by atoms with E-state index in [1.54, 1.807) is 31.7 Å². The second-order valence-electron chi connectivity index (χ2n) is 7.21. The molecule has 7 nitrogen and oxygen atoms in total. The number of amides is 1. The third kappa shape index (κ3) is 6.14. The van der Waals surface area contributed by atoms with Gasteiger partial charge < -0.3 is 14.5 Å². The van der Waals surface area contributed by atoms with Gasteiger partial charge in [0.1, 0.15) is 11.4 Å². The first-order valence-electron chi connectivity index (χ1n) is 8.30. The number of benzene rings is 1. The van der Waals surface area contributed by atoms with Crippen LogP contribution in [0.1, 0.15) is 26.3 Å². The molecule has 0 saturated carbocycles. The summed E-state index contributed by atoms with van der Waals surface area (Å²) >= 11 is 0. The van der Waals surface area contributed by atoms with Gasteiger partial charge >= 0.3 is 6.09 Å². The summed E-state index contributed by atoms with van der Waals surface area (Å²) in [4.78, 5) is 15.5. The highest BCUT2D eigenvalue weighted by Gasteiger charge is 2.26. The summed E-state index contributed by atoms with van der Waals surface area (Å²) in [7, 11) is -3.57. The maximum Gasteiger partial charge on any atom is 0.410 e. The minimum absolute atomic E-state index is 0.149. The molecule has 146 valence electrons. The Bertz CT molecular complexity index is 753. The van der Waals surface area contributed by atoms with Gasteiger partial charge in [-0.05, 0) is 38.5 Å². The van der Waals surface area contributed by atoms with Crippen LogP contribution in [0.5, 0.6) is 0 Å². The fourth-order valence-corrected chi connectivity index (χ4v) is 2.87. The molecule has 1 amide bonds. The van der Waals surface area contributed by atoms with Crippen LogP contribution < -0.4 is 4.90 Å². The highest BCUT2D eigenvalue weighted by molar-refractivity contribution is 7.85. The number of anilines is 1. The van der Waals surface area contributed by atoms with Gasteiger partial charge in [0.25, 0.3) is 10.1 Å². The van der Waals surface area contributed by atoms with E-state index in [4.69, 9.17) is 8.92 Å². The van der Waals surface area contributed by atoms with Crippen LogP contribution in [0.3, 0.4) is 0 Å². The van der Waals surface area contributed by atoms with Gasteiger partial charge in [-0.2, -0.15) is 8.42 Å². The van der Waals surface area contributed by atoms with E-state index in [0.29, 0.717) is 37.4 Å². The lowest BCUT2D eigenvalue weighted by atomic mass is 10.1. The molecule has 9 heteroatoms. The van der Waals surface area contributed by atoms with Gasteiger partial charge in [-0.15, -0.1) is 0 Å². The first-order valence-corrected chi connectivity index (χ1v) is 10.1. The van der Waals surface area contributed by atoms with Crippen molar-refractivity contribution < 1.29 is 26.5 Å². The summed E-state index contributed by atoms with van der Waals surface area (Å²) in [6, 6.07) is 4.35. The number of carbonyl (C=O) groups is 1. The van der Waals surface area contributed by atoms with Crippen LogP contribution in [0.4, 0.5) is 14.9 Å². The number of carbonyl (C=O) groups excluding carboxylic acids is 1. The van der Waals surface area contributed by atoms with Gasteiger partial charge in [0.05, 0.1) is 18.6 Å². The fraction of sp³-hybridized carbons (Fsp3) is 0.588. The molecule has 1 fully saturated rings. The minimum atomic E-state index is -3.57. The zero-order valence-corrected chi connectivity index (χ0v) is 16.3. The van der Waals surface area contributed by atoms with Gasteiger partial charge in [-0.1, -0.05) is 6.07 Å². The molecule has 1 heterocycles. The third-order valence-electron chi connectivity index (χ3n) is 3.72. The number of ether oxygens (including phenoxy) is 1. The van der Waals surface area contributed by atoms with Crippen molar-refractivity contribution in [1.82, 2.24) is 4.90 Å². The molecule has 1 aliphatic heterocycles. The number of hydrogen-bond donors (Lipinski definition) is 0. The van der Waals surface area contributed by atoms with E-state index in [0.717, 1.165) is 6.26 Å². The molecule has 26 heavy (non-hydrogen) atoms. The average molecular weight is 388 g/mol. The standard InChI is InChI=1S/C17H25FN2O5S/c1-17(2,3)25-16(21)20-9-7-19(8-10-20)15-11-13(5-6-14(15)18)12-24-26(4,22)23/h5-6,11H,7-10,12H2,1-4H3.